The summed E-state index contributed by atoms with van der Waals surface area (Å²) in [6.07, 6.45) is 7.79. The molecule has 0 spiro atoms. The Labute approximate surface area is 153 Å². The molecule has 1 aliphatic carbocycles. The van der Waals surface area contributed by atoms with Gasteiger partial charge >= 0.3 is 0 Å². The van der Waals surface area contributed by atoms with Crippen LogP contribution in [0.4, 0.5) is 0 Å². The third kappa shape index (κ3) is 4.43. The van der Waals surface area contributed by atoms with Gasteiger partial charge in [-0.05, 0) is 49.3 Å². The number of aromatic nitrogens is 2. The molecular formula is C20H25N3O3. The number of H-pyrrole nitrogens is 1. The first-order chi connectivity index (χ1) is 12.8. The van der Waals surface area contributed by atoms with E-state index in [2.05, 4.69) is 39.8 Å². The Morgan fingerprint density at radius 3 is 2.73 bits per heavy atom. The van der Waals surface area contributed by atoms with E-state index in [4.69, 9.17) is 9.47 Å². The van der Waals surface area contributed by atoms with E-state index in [1.165, 1.54) is 24.6 Å². The highest BCUT2D eigenvalue weighted by Gasteiger charge is 2.24. The molecule has 138 valence electrons. The van der Waals surface area contributed by atoms with Gasteiger partial charge in [0, 0.05) is 18.7 Å². The van der Waals surface area contributed by atoms with Crippen molar-refractivity contribution >= 4 is 5.91 Å². The number of nitrogens with one attached hydrogen (secondary N) is 2. The highest BCUT2D eigenvalue weighted by molar-refractivity contribution is 5.93. The van der Waals surface area contributed by atoms with Crippen molar-refractivity contribution < 1.29 is 14.3 Å². The number of carbonyl (C=O) groups is 1. The van der Waals surface area contributed by atoms with Gasteiger partial charge in [0.15, 0.2) is 0 Å². The molecule has 6 nitrogen and oxygen atoms in total. The summed E-state index contributed by atoms with van der Waals surface area (Å²) in [4.78, 5) is 11.9. The summed E-state index contributed by atoms with van der Waals surface area (Å²) in [6.45, 7) is 1.88. The van der Waals surface area contributed by atoms with Gasteiger partial charge in [0.25, 0.3) is 5.91 Å². The summed E-state index contributed by atoms with van der Waals surface area (Å²) in [7, 11) is 0. The van der Waals surface area contributed by atoms with Gasteiger partial charge in [-0.1, -0.05) is 12.1 Å². The largest absolute Gasteiger partial charge is 0.493 e. The highest BCUT2D eigenvalue weighted by Crippen LogP contribution is 2.40. The number of ether oxygens (including phenoxy) is 2. The number of aromatic amines is 1. The molecule has 0 radical (unpaired) electrons. The molecule has 2 aliphatic rings. The molecule has 4 rings (SSSR count). The monoisotopic (exact) mass is 355 g/mol. The Balaban J connectivity index is 1.15. The SMILES string of the molecule is O=C(NC[C@H]1CC[C@@H](COc2ccc(C3CC3)cc2)CO1)c1cn[nH]c1. The third-order valence-electron chi connectivity index (χ3n) is 5.13. The van der Waals surface area contributed by atoms with Crippen LogP contribution in [-0.4, -0.2) is 42.0 Å². The molecule has 2 heterocycles. The van der Waals surface area contributed by atoms with Crippen LogP contribution in [-0.2, 0) is 4.74 Å². The van der Waals surface area contributed by atoms with Crippen LogP contribution in [0.3, 0.4) is 0 Å². The molecular weight excluding hydrogens is 330 g/mol. The molecule has 1 aliphatic heterocycles. The Morgan fingerprint density at radius 1 is 1.23 bits per heavy atom. The summed E-state index contributed by atoms with van der Waals surface area (Å²) in [5.74, 6) is 1.99. The molecule has 2 aromatic rings. The number of amides is 1. The van der Waals surface area contributed by atoms with Crippen LogP contribution in [0.25, 0.3) is 0 Å². The summed E-state index contributed by atoms with van der Waals surface area (Å²) >= 11 is 0. The van der Waals surface area contributed by atoms with Crippen molar-refractivity contribution in [1.29, 1.82) is 0 Å². The lowest BCUT2D eigenvalue weighted by Crippen LogP contribution is -2.38. The molecule has 6 heteroatoms. The maximum atomic E-state index is 11.9. The number of rotatable bonds is 7. The number of hydrogen-bond donors (Lipinski definition) is 2. The highest BCUT2D eigenvalue weighted by atomic mass is 16.5. The first-order valence-corrected chi connectivity index (χ1v) is 9.39. The Bertz CT molecular complexity index is 702. The van der Waals surface area contributed by atoms with Gasteiger partial charge in [-0.25, -0.2) is 0 Å². The van der Waals surface area contributed by atoms with Gasteiger partial charge in [-0.2, -0.15) is 5.10 Å². The number of hydrogen-bond acceptors (Lipinski definition) is 4. The van der Waals surface area contributed by atoms with Gasteiger partial charge in [-0.3, -0.25) is 9.89 Å². The van der Waals surface area contributed by atoms with Crippen LogP contribution in [0.2, 0.25) is 0 Å². The molecule has 1 aromatic heterocycles. The molecule has 1 saturated heterocycles. The lowest BCUT2D eigenvalue weighted by Gasteiger charge is -2.29. The van der Waals surface area contributed by atoms with Gasteiger partial charge in [0.05, 0.1) is 31.1 Å². The lowest BCUT2D eigenvalue weighted by atomic mass is 9.99. The van der Waals surface area contributed by atoms with E-state index in [1.54, 1.807) is 6.20 Å². The van der Waals surface area contributed by atoms with Gasteiger partial charge < -0.3 is 14.8 Å². The predicted molar refractivity (Wildman–Crippen MR) is 97.3 cm³/mol. The standard InChI is InChI=1S/C20H25N3O3/c24-20(17-9-22-23-10-17)21-11-19-6-1-14(13-26-19)12-25-18-7-4-16(5-8-18)15-2-3-15/h4-5,7-10,14-15,19H,1-3,6,11-13H2,(H,21,24)(H,22,23)/t14-,19+/m0/s1. The van der Waals surface area contributed by atoms with Crippen LogP contribution in [0.5, 0.6) is 5.75 Å². The fraction of sp³-hybridized carbons (Fsp3) is 0.500. The zero-order valence-electron chi connectivity index (χ0n) is 14.8. The van der Waals surface area contributed by atoms with Gasteiger partial charge in [-0.15, -0.1) is 0 Å². The lowest BCUT2D eigenvalue weighted by molar-refractivity contribution is -0.0251. The first-order valence-electron chi connectivity index (χ1n) is 9.39. The summed E-state index contributed by atoms with van der Waals surface area (Å²) in [6, 6.07) is 8.52. The second-order valence-corrected chi connectivity index (χ2v) is 7.25. The second kappa shape index (κ2) is 7.91. The van der Waals surface area contributed by atoms with Crippen LogP contribution in [0.1, 0.15) is 47.5 Å². The Hall–Kier alpha value is -2.34. The van der Waals surface area contributed by atoms with Crippen molar-refractivity contribution in [2.45, 2.75) is 37.7 Å². The molecule has 26 heavy (non-hydrogen) atoms. The van der Waals surface area contributed by atoms with Crippen molar-refractivity contribution in [2.24, 2.45) is 5.92 Å². The van der Waals surface area contributed by atoms with Crippen LogP contribution in [0.15, 0.2) is 36.7 Å². The number of carbonyl (C=O) groups excluding carboxylic acids is 1. The Kier molecular flexibility index (Phi) is 5.20. The maximum absolute atomic E-state index is 11.9. The van der Waals surface area contributed by atoms with E-state index in [-0.39, 0.29) is 12.0 Å². The quantitative estimate of drug-likeness (QED) is 0.801. The number of benzene rings is 1. The van der Waals surface area contributed by atoms with Crippen LogP contribution in [0, 0.1) is 5.92 Å². The smallest absolute Gasteiger partial charge is 0.254 e. The van der Waals surface area contributed by atoms with Crippen molar-refractivity contribution in [3.05, 3.63) is 47.8 Å². The predicted octanol–water partition coefficient (Wildman–Crippen LogP) is 2.89. The minimum Gasteiger partial charge on any atom is -0.493 e. The average molecular weight is 355 g/mol. The van der Waals surface area contributed by atoms with Crippen molar-refractivity contribution in [3.63, 3.8) is 0 Å². The third-order valence-corrected chi connectivity index (χ3v) is 5.13. The average Bonchev–Trinajstić information content (AvgIpc) is 3.39. The second-order valence-electron chi connectivity index (χ2n) is 7.25. The normalized spacial score (nSPS) is 22.8. The van der Waals surface area contributed by atoms with Crippen molar-refractivity contribution in [2.75, 3.05) is 19.8 Å². The molecule has 1 saturated carbocycles. The van der Waals surface area contributed by atoms with Crippen molar-refractivity contribution in [3.8, 4) is 5.75 Å². The molecule has 1 amide bonds. The fourth-order valence-corrected chi connectivity index (χ4v) is 3.30. The van der Waals surface area contributed by atoms with E-state index in [0.29, 0.717) is 31.2 Å². The van der Waals surface area contributed by atoms with E-state index in [0.717, 1.165) is 24.5 Å². The topological polar surface area (TPSA) is 76.2 Å². The van der Waals surface area contributed by atoms with E-state index in [9.17, 15) is 4.79 Å². The van der Waals surface area contributed by atoms with E-state index < -0.39 is 0 Å². The minimum atomic E-state index is -0.123. The molecule has 2 fully saturated rings. The first kappa shape index (κ1) is 17.1. The molecule has 2 N–H and O–H groups in total. The van der Waals surface area contributed by atoms with E-state index in [1.807, 2.05) is 0 Å². The van der Waals surface area contributed by atoms with Gasteiger partial charge in [0.2, 0.25) is 0 Å². The van der Waals surface area contributed by atoms with Crippen molar-refractivity contribution in [1.82, 2.24) is 15.5 Å². The molecule has 0 bridgehead atoms. The molecule has 2 atom stereocenters. The molecule has 0 unspecified atom stereocenters. The zero-order valence-corrected chi connectivity index (χ0v) is 14.8. The zero-order chi connectivity index (χ0) is 17.8. The number of nitrogens with zero attached hydrogens (tertiary/aromatic N) is 1. The van der Waals surface area contributed by atoms with E-state index >= 15 is 0 Å². The summed E-state index contributed by atoms with van der Waals surface area (Å²) in [5.41, 5.74) is 1.97. The maximum Gasteiger partial charge on any atom is 0.254 e. The molecule has 1 aromatic carbocycles. The fourth-order valence-electron chi connectivity index (χ4n) is 3.30. The van der Waals surface area contributed by atoms with Gasteiger partial charge in [0.1, 0.15) is 5.75 Å². The van der Waals surface area contributed by atoms with Crippen LogP contribution >= 0.6 is 0 Å². The summed E-state index contributed by atoms with van der Waals surface area (Å²) < 4.78 is 11.8. The minimum absolute atomic E-state index is 0.0694. The summed E-state index contributed by atoms with van der Waals surface area (Å²) in [5, 5.41) is 9.31. The Morgan fingerprint density at radius 2 is 2.08 bits per heavy atom. The van der Waals surface area contributed by atoms with Crippen LogP contribution < -0.4 is 10.1 Å².